The van der Waals surface area contributed by atoms with Gasteiger partial charge in [0.15, 0.2) is 0 Å². The first-order valence-corrected chi connectivity index (χ1v) is 10.3. The third-order valence-electron chi connectivity index (χ3n) is 5.64. The highest BCUT2D eigenvalue weighted by molar-refractivity contribution is 5.78. The van der Waals surface area contributed by atoms with Gasteiger partial charge in [-0.3, -0.25) is 9.36 Å². The third kappa shape index (κ3) is 3.65. The van der Waals surface area contributed by atoms with Crippen LogP contribution in [0.15, 0.2) is 80.8 Å². The summed E-state index contributed by atoms with van der Waals surface area (Å²) in [4.78, 5) is 31.1. The molecule has 0 saturated heterocycles. The topological polar surface area (TPSA) is 82.9 Å². The number of benzene rings is 3. The third-order valence-corrected chi connectivity index (χ3v) is 5.64. The Balaban J connectivity index is 1.67. The molecule has 164 valence electrons. The minimum Gasteiger partial charge on any atom is -0.337 e. The van der Waals surface area contributed by atoms with Crippen molar-refractivity contribution in [2.24, 2.45) is 0 Å². The van der Waals surface area contributed by atoms with Crippen molar-refractivity contribution in [1.82, 2.24) is 19.3 Å². The normalized spacial score (nSPS) is 11.2. The molecule has 0 amide bonds. The average Bonchev–Trinajstić information content (AvgIpc) is 3.28. The van der Waals surface area contributed by atoms with Crippen molar-refractivity contribution >= 4 is 10.9 Å². The van der Waals surface area contributed by atoms with Crippen molar-refractivity contribution in [3.8, 4) is 17.1 Å². The molecule has 7 nitrogen and oxygen atoms in total. The van der Waals surface area contributed by atoms with E-state index in [2.05, 4.69) is 10.1 Å². The summed E-state index contributed by atoms with van der Waals surface area (Å²) < 4.78 is 21.5. The van der Waals surface area contributed by atoms with E-state index >= 15 is 0 Å². The van der Waals surface area contributed by atoms with Gasteiger partial charge in [0.05, 0.1) is 16.6 Å². The Kier molecular flexibility index (Phi) is 4.97. The zero-order valence-corrected chi connectivity index (χ0v) is 17.9. The molecule has 0 atom stereocenters. The number of rotatable bonds is 4. The second-order valence-electron chi connectivity index (χ2n) is 7.82. The lowest BCUT2D eigenvalue weighted by Gasteiger charge is -2.13. The smallest absolute Gasteiger partial charge is 0.336 e. The Labute approximate surface area is 187 Å². The molecule has 0 spiro atoms. The Bertz CT molecular complexity index is 1630. The van der Waals surface area contributed by atoms with E-state index in [4.69, 9.17) is 4.52 Å². The second-order valence-corrected chi connectivity index (χ2v) is 7.82. The molecule has 33 heavy (non-hydrogen) atoms. The fraction of sp³-hybridized carbons (Fsp3) is 0.120. The molecule has 2 aromatic heterocycles. The van der Waals surface area contributed by atoms with Gasteiger partial charge in [0, 0.05) is 5.56 Å². The molecule has 0 aliphatic rings. The lowest BCUT2D eigenvalue weighted by Crippen LogP contribution is -2.39. The summed E-state index contributed by atoms with van der Waals surface area (Å²) in [5, 5.41) is 4.31. The number of aromatic nitrogens is 4. The van der Waals surface area contributed by atoms with Crippen molar-refractivity contribution in [2.45, 2.75) is 20.4 Å². The van der Waals surface area contributed by atoms with Gasteiger partial charge in [-0.05, 0) is 61.4 Å². The maximum Gasteiger partial charge on any atom is 0.336 e. The first-order chi connectivity index (χ1) is 15.9. The number of hydrogen-bond acceptors (Lipinski definition) is 5. The van der Waals surface area contributed by atoms with Crippen LogP contribution in [0.5, 0.6) is 0 Å². The number of aryl methyl sites for hydroxylation is 2. The molecule has 0 aliphatic heterocycles. The Hall–Kier alpha value is -4.33. The van der Waals surface area contributed by atoms with Crippen LogP contribution in [0, 0.1) is 19.7 Å². The van der Waals surface area contributed by atoms with E-state index in [1.165, 1.54) is 16.7 Å². The standard InChI is InChI=1S/C25H19FN4O3/c1-15-10-11-19(12-16(15)2)30-24(31)20-8-3-4-9-21(20)29(25(30)32)14-22-27-23(28-33-22)17-6-5-7-18(26)13-17/h3-13H,14H2,1-2H3. The molecule has 0 saturated carbocycles. The van der Waals surface area contributed by atoms with Gasteiger partial charge in [0.25, 0.3) is 5.56 Å². The molecule has 3 aromatic carbocycles. The maximum absolute atomic E-state index is 13.6. The molecule has 5 aromatic rings. The Morgan fingerprint density at radius 1 is 0.939 bits per heavy atom. The van der Waals surface area contributed by atoms with Crippen LogP contribution < -0.4 is 11.2 Å². The first kappa shape index (κ1) is 20.6. The van der Waals surface area contributed by atoms with Gasteiger partial charge in [-0.2, -0.15) is 4.98 Å². The summed E-state index contributed by atoms with van der Waals surface area (Å²) in [7, 11) is 0. The number of nitrogens with zero attached hydrogens (tertiary/aromatic N) is 4. The van der Waals surface area contributed by atoms with Crippen LogP contribution in [0.4, 0.5) is 4.39 Å². The summed E-state index contributed by atoms with van der Waals surface area (Å²) in [5.41, 5.74) is 2.51. The number of hydrogen-bond donors (Lipinski definition) is 0. The maximum atomic E-state index is 13.6. The van der Waals surface area contributed by atoms with Crippen molar-refractivity contribution < 1.29 is 8.91 Å². The highest BCUT2D eigenvalue weighted by atomic mass is 19.1. The zero-order chi connectivity index (χ0) is 23.1. The molecule has 0 unspecified atom stereocenters. The fourth-order valence-electron chi connectivity index (χ4n) is 3.77. The van der Waals surface area contributed by atoms with Crippen molar-refractivity contribution in [3.05, 3.63) is 110 Å². The van der Waals surface area contributed by atoms with Gasteiger partial charge in [0.1, 0.15) is 12.4 Å². The molecule has 0 N–H and O–H groups in total. The van der Waals surface area contributed by atoms with Gasteiger partial charge in [0.2, 0.25) is 11.7 Å². The van der Waals surface area contributed by atoms with E-state index in [0.29, 0.717) is 22.2 Å². The predicted octanol–water partition coefficient (Wildman–Crippen LogP) is 4.01. The SMILES string of the molecule is Cc1ccc(-n2c(=O)c3ccccc3n(Cc3nc(-c4cccc(F)c4)no3)c2=O)cc1C. The lowest BCUT2D eigenvalue weighted by atomic mass is 10.1. The molecule has 2 heterocycles. The van der Waals surface area contributed by atoms with E-state index in [1.807, 2.05) is 26.0 Å². The quantitative estimate of drug-likeness (QED) is 0.420. The largest absolute Gasteiger partial charge is 0.337 e. The van der Waals surface area contributed by atoms with Crippen molar-refractivity contribution in [3.63, 3.8) is 0 Å². The van der Waals surface area contributed by atoms with Crippen LogP contribution in [0.1, 0.15) is 17.0 Å². The fourth-order valence-corrected chi connectivity index (χ4v) is 3.77. The molecule has 5 rings (SSSR count). The van der Waals surface area contributed by atoms with Gasteiger partial charge in [-0.15, -0.1) is 0 Å². The molecule has 0 radical (unpaired) electrons. The van der Waals surface area contributed by atoms with Crippen LogP contribution in [0.25, 0.3) is 28.0 Å². The number of halogens is 1. The lowest BCUT2D eigenvalue weighted by molar-refractivity contribution is 0.370. The number of fused-ring (bicyclic) bond motifs is 1. The van der Waals surface area contributed by atoms with E-state index in [-0.39, 0.29) is 18.3 Å². The van der Waals surface area contributed by atoms with Crippen molar-refractivity contribution in [1.29, 1.82) is 0 Å². The summed E-state index contributed by atoms with van der Waals surface area (Å²) in [6, 6.07) is 18.2. The molecular formula is C25H19FN4O3. The predicted molar refractivity (Wildman–Crippen MR) is 122 cm³/mol. The van der Waals surface area contributed by atoms with Gasteiger partial charge < -0.3 is 4.52 Å². The van der Waals surface area contributed by atoms with Gasteiger partial charge >= 0.3 is 5.69 Å². The molecule has 8 heteroatoms. The molecule has 0 bridgehead atoms. The van der Waals surface area contributed by atoms with Crippen LogP contribution in [0.3, 0.4) is 0 Å². The monoisotopic (exact) mass is 442 g/mol. The first-order valence-electron chi connectivity index (χ1n) is 10.3. The summed E-state index contributed by atoms with van der Waals surface area (Å²) in [5.74, 6) is -0.0438. The van der Waals surface area contributed by atoms with Crippen LogP contribution in [-0.4, -0.2) is 19.3 Å². The van der Waals surface area contributed by atoms with Crippen molar-refractivity contribution in [2.75, 3.05) is 0 Å². The molecule has 0 fully saturated rings. The average molecular weight is 442 g/mol. The van der Waals surface area contributed by atoms with Crippen LogP contribution >= 0.6 is 0 Å². The summed E-state index contributed by atoms with van der Waals surface area (Å²) in [6.07, 6.45) is 0. The molecule has 0 aliphatic carbocycles. The van der Waals surface area contributed by atoms with Gasteiger partial charge in [-0.25, -0.2) is 13.8 Å². The Morgan fingerprint density at radius 2 is 1.76 bits per heavy atom. The van der Waals surface area contributed by atoms with E-state index in [0.717, 1.165) is 15.7 Å². The van der Waals surface area contributed by atoms with E-state index < -0.39 is 17.1 Å². The minimum atomic E-state index is -0.521. The van der Waals surface area contributed by atoms with Crippen LogP contribution in [-0.2, 0) is 6.54 Å². The van der Waals surface area contributed by atoms with Crippen LogP contribution in [0.2, 0.25) is 0 Å². The second kappa shape index (κ2) is 7.98. The minimum absolute atomic E-state index is 0.0488. The molecular weight excluding hydrogens is 423 g/mol. The zero-order valence-electron chi connectivity index (χ0n) is 17.9. The summed E-state index contributed by atoms with van der Waals surface area (Å²) in [6.45, 7) is 3.84. The summed E-state index contributed by atoms with van der Waals surface area (Å²) >= 11 is 0. The number of para-hydroxylation sites is 1. The highest BCUT2D eigenvalue weighted by Crippen LogP contribution is 2.18. The highest BCUT2D eigenvalue weighted by Gasteiger charge is 2.17. The van der Waals surface area contributed by atoms with E-state index in [1.54, 1.807) is 42.5 Å². The Morgan fingerprint density at radius 3 is 2.55 bits per heavy atom. The van der Waals surface area contributed by atoms with E-state index in [9.17, 15) is 14.0 Å². The van der Waals surface area contributed by atoms with Gasteiger partial charge in [-0.1, -0.05) is 35.5 Å².